The topological polar surface area (TPSA) is 69.0 Å². The number of halogens is 1. The normalized spacial score (nSPS) is 15.5. The Hall–Kier alpha value is -2.77. The summed E-state index contributed by atoms with van der Waals surface area (Å²) in [5.74, 6) is 0.955. The van der Waals surface area contributed by atoms with Crippen molar-refractivity contribution in [1.82, 2.24) is 14.8 Å². The van der Waals surface area contributed by atoms with E-state index in [2.05, 4.69) is 22.4 Å². The number of rotatable bonds is 6. The molecule has 2 heterocycles. The van der Waals surface area contributed by atoms with E-state index >= 15 is 0 Å². The van der Waals surface area contributed by atoms with Gasteiger partial charge >= 0.3 is 5.97 Å². The number of allylic oxidation sites excluding steroid dienone is 1. The van der Waals surface area contributed by atoms with Crippen LogP contribution in [0, 0.1) is 0 Å². The monoisotopic (exact) mass is 440 g/mol. The molecule has 8 heteroatoms. The maximum absolute atomic E-state index is 12.8. The van der Waals surface area contributed by atoms with Gasteiger partial charge < -0.3 is 10.1 Å². The fourth-order valence-corrected chi connectivity index (χ4v) is 4.36. The van der Waals surface area contributed by atoms with E-state index in [4.69, 9.17) is 21.4 Å². The van der Waals surface area contributed by atoms with Gasteiger partial charge in [0.2, 0.25) is 11.1 Å². The van der Waals surface area contributed by atoms with Gasteiger partial charge in [-0.1, -0.05) is 65.8 Å². The van der Waals surface area contributed by atoms with Gasteiger partial charge in [-0.2, -0.15) is 4.98 Å². The van der Waals surface area contributed by atoms with Crippen LogP contribution in [-0.4, -0.2) is 27.3 Å². The van der Waals surface area contributed by atoms with Crippen molar-refractivity contribution in [2.24, 2.45) is 0 Å². The number of nitrogens with zero attached hydrogens (tertiary/aromatic N) is 3. The third kappa shape index (κ3) is 4.22. The smallest absolute Gasteiger partial charge is 0.338 e. The van der Waals surface area contributed by atoms with Gasteiger partial charge in [0.05, 0.1) is 12.2 Å². The van der Waals surface area contributed by atoms with Crippen LogP contribution in [0.2, 0.25) is 5.02 Å². The molecule has 0 radical (unpaired) electrons. The molecule has 1 aliphatic heterocycles. The standard InChI is InChI=1S/C22H21ClN4O2S/c1-3-29-20(28)18-14(2)24-21-25-22(30-13-15-8-5-4-6-9-15)26-27(21)19(18)16-10-7-11-17(23)12-16/h4-12,19H,3,13H2,1-2H3,(H,24,25,26)/t19-/m1/s1. The summed E-state index contributed by atoms with van der Waals surface area (Å²) < 4.78 is 7.06. The van der Waals surface area contributed by atoms with Gasteiger partial charge in [-0.25, -0.2) is 9.48 Å². The van der Waals surface area contributed by atoms with Gasteiger partial charge in [0, 0.05) is 16.5 Å². The number of aromatic nitrogens is 3. The molecular formula is C22H21ClN4O2S. The van der Waals surface area contributed by atoms with Crippen molar-refractivity contribution >= 4 is 35.3 Å². The zero-order chi connectivity index (χ0) is 21.1. The zero-order valence-corrected chi connectivity index (χ0v) is 18.2. The Morgan fingerprint density at radius 3 is 2.77 bits per heavy atom. The quantitative estimate of drug-likeness (QED) is 0.426. The highest BCUT2D eigenvalue weighted by Crippen LogP contribution is 2.37. The Labute approximate surface area is 184 Å². The summed E-state index contributed by atoms with van der Waals surface area (Å²) in [6.45, 7) is 3.93. The van der Waals surface area contributed by atoms with Crippen LogP contribution >= 0.6 is 23.4 Å². The molecule has 1 aromatic heterocycles. The van der Waals surface area contributed by atoms with E-state index < -0.39 is 6.04 Å². The van der Waals surface area contributed by atoms with Gasteiger partial charge in [-0.15, -0.1) is 5.10 Å². The Balaban J connectivity index is 1.71. The lowest BCUT2D eigenvalue weighted by molar-refractivity contribution is -0.139. The number of ether oxygens (including phenoxy) is 1. The third-order valence-corrected chi connectivity index (χ3v) is 5.85. The van der Waals surface area contributed by atoms with Crippen LogP contribution in [0.25, 0.3) is 0 Å². The number of benzene rings is 2. The number of hydrogen-bond acceptors (Lipinski definition) is 6. The van der Waals surface area contributed by atoms with Crippen molar-refractivity contribution in [3.05, 3.63) is 82.0 Å². The maximum atomic E-state index is 12.8. The van der Waals surface area contributed by atoms with Crippen molar-refractivity contribution in [1.29, 1.82) is 0 Å². The van der Waals surface area contributed by atoms with Gasteiger partial charge in [-0.05, 0) is 37.1 Å². The molecule has 6 nitrogen and oxygen atoms in total. The SMILES string of the molecule is CCOC(=O)C1=C(C)Nc2nc(SCc3ccccc3)nn2[C@@H]1c1cccc(Cl)c1. The molecule has 4 rings (SSSR count). The van der Waals surface area contributed by atoms with E-state index in [1.54, 1.807) is 29.4 Å². The second-order valence-corrected chi connectivity index (χ2v) is 8.16. The Morgan fingerprint density at radius 2 is 2.03 bits per heavy atom. The third-order valence-electron chi connectivity index (χ3n) is 4.70. The largest absolute Gasteiger partial charge is 0.463 e. The Bertz CT molecular complexity index is 1100. The van der Waals surface area contributed by atoms with E-state index in [0.717, 1.165) is 11.3 Å². The lowest BCUT2D eigenvalue weighted by Gasteiger charge is -2.28. The highest BCUT2D eigenvalue weighted by atomic mass is 35.5. The van der Waals surface area contributed by atoms with Crippen molar-refractivity contribution in [2.45, 2.75) is 30.8 Å². The summed E-state index contributed by atoms with van der Waals surface area (Å²) in [6.07, 6.45) is 0. The molecule has 0 spiro atoms. The summed E-state index contributed by atoms with van der Waals surface area (Å²) in [5, 5.41) is 9.13. The minimum absolute atomic E-state index is 0.292. The van der Waals surface area contributed by atoms with Crippen molar-refractivity contribution in [2.75, 3.05) is 11.9 Å². The minimum atomic E-state index is -0.474. The molecule has 0 bridgehead atoms. The summed E-state index contributed by atoms with van der Waals surface area (Å²) in [7, 11) is 0. The second-order valence-electron chi connectivity index (χ2n) is 6.78. The number of esters is 1. The van der Waals surface area contributed by atoms with Gasteiger partial charge in [0.1, 0.15) is 6.04 Å². The fourth-order valence-electron chi connectivity index (χ4n) is 3.37. The summed E-state index contributed by atoms with van der Waals surface area (Å²) >= 11 is 7.79. The van der Waals surface area contributed by atoms with Crippen LogP contribution in [0.15, 0.2) is 71.0 Å². The molecule has 0 saturated heterocycles. The first-order chi connectivity index (χ1) is 14.6. The molecule has 0 unspecified atom stereocenters. The van der Waals surface area contributed by atoms with Crippen LogP contribution in [0.5, 0.6) is 0 Å². The van der Waals surface area contributed by atoms with Crippen LogP contribution in [-0.2, 0) is 15.3 Å². The summed E-state index contributed by atoms with van der Waals surface area (Å²) in [5.41, 5.74) is 3.22. The lowest BCUT2D eigenvalue weighted by Crippen LogP contribution is -2.29. The van der Waals surface area contributed by atoms with Gasteiger partial charge in [-0.3, -0.25) is 0 Å². The lowest BCUT2D eigenvalue weighted by atomic mass is 9.96. The average molecular weight is 441 g/mol. The number of anilines is 1. The highest BCUT2D eigenvalue weighted by molar-refractivity contribution is 7.98. The Morgan fingerprint density at radius 1 is 1.23 bits per heavy atom. The summed E-state index contributed by atoms with van der Waals surface area (Å²) in [6, 6.07) is 17.1. The first-order valence-corrected chi connectivity index (χ1v) is 11.0. The molecule has 30 heavy (non-hydrogen) atoms. The number of carbonyl (C=O) groups is 1. The molecule has 154 valence electrons. The first-order valence-electron chi connectivity index (χ1n) is 9.60. The van der Waals surface area contributed by atoms with Crippen LogP contribution < -0.4 is 5.32 Å². The first kappa shape index (κ1) is 20.5. The molecule has 3 aromatic rings. The van der Waals surface area contributed by atoms with Crippen molar-refractivity contribution in [3.8, 4) is 0 Å². The van der Waals surface area contributed by atoms with E-state index in [-0.39, 0.29) is 5.97 Å². The number of fused-ring (bicyclic) bond motifs is 1. The molecule has 0 aliphatic carbocycles. The predicted molar refractivity (Wildman–Crippen MR) is 119 cm³/mol. The Kier molecular flexibility index (Phi) is 6.11. The minimum Gasteiger partial charge on any atom is -0.463 e. The second kappa shape index (κ2) is 8.93. The average Bonchev–Trinajstić information content (AvgIpc) is 3.14. The van der Waals surface area contributed by atoms with Crippen molar-refractivity contribution < 1.29 is 9.53 Å². The molecule has 1 atom stereocenters. The molecule has 1 aliphatic rings. The van der Waals surface area contributed by atoms with Gasteiger partial charge in [0.15, 0.2) is 0 Å². The highest BCUT2D eigenvalue weighted by Gasteiger charge is 2.35. The van der Waals surface area contributed by atoms with Crippen LogP contribution in [0.1, 0.15) is 31.0 Å². The van der Waals surface area contributed by atoms with E-state index in [1.165, 1.54) is 5.56 Å². The molecule has 0 fully saturated rings. The molecular weight excluding hydrogens is 420 g/mol. The molecule has 0 saturated carbocycles. The fraction of sp³-hybridized carbons (Fsp3) is 0.227. The van der Waals surface area contributed by atoms with Crippen molar-refractivity contribution in [3.63, 3.8) is 0 Å². The maximum Gasteiger partial charge on any atom is 0.338 e. The zero-order valence-electron chi connectivity index (χ0n) is 16.6. The number of nitrogens with one attached hydrogen (secondary N) is 1. The van der Waals surface area contributed by atoms with E-state index in [0.29, 0.717) is 34.0 Å². The van der Waals surface area contributed by atoms with E-state index in [9.17, 15) is 4.79 Å². The number of thioether (sulfide) groups is 1. The van der Waals surface area contributed by atoms with Crippen LogP contribution in [0.3, 0.4) is 0 Å². The number of carbonyl (C=O) groups excluding carboxylic acids is 1. The molecule has 0 amide bonds. The van der Waals surface area contributed by atoms with Crippen LogP contribution in [0.4, 0.5) is 5.95 Å². The molecule has 1 N–H and O–H groups in total. The predicted octanol–water partition coefficient (Wildman–Crippen LogP) is 5.08. The van der Waals surface area contributed by atoms with Gasteiger partial charge in [0.25, 0.3) is 0 Å². The number of hydrogen-bond donors (Lipinski definition) is 1. The summed E-state index contributed by atoms with van der Waals surface area (Å²) in [4.78, 5) is 17.4. The van der Waals surface area contributed by atoms with E-state index in [1.807, 2.05) is 43.3 Å². The molecule has 2 aromatic carbocycles.